The zero-order valence-electron chi connectivity index (χ0n) is 12.3. The molecule has 0 saturated heterocycles. The molecule has 2 aromatic carbocycles. The third-order valence-electron chi connectivity index (χ3n) is 3.68. The summed E-state index contributed by atoms with van der Waals surface area (Å²) in [4.78, 5) is 9.01. The van der Waals surface area contributed by atoms with Crippen molar-refractivity contribution in [2.45, 2.75) is 0 Å². The van der Waals surface area contributed by atoms with Crippen LogP contribution in [0.2, 0.25) is 0 Å². The molecule has 5 nitrogen and oxygen atoms in total. The van der Waals surface area contributed by atoms with Gasteiger partial charge in [0.15, 0.2) is 5.82 Å². The van der Waals surface area contributed by atoms with Gasteiger partial charge in [0.1, 0.15) is 11.3 Å². The molecule has 0 unspecified atom stereocenters. The Labute approximate surface area is 141 Å². The van der Waals surface area contributed by atoms with Crippen LogP contribution in [0.15, 0.2) is 59.5 Å². The van der Waals surface area contributed by atoms with Crippen molar-refractivity contribution in [2.24, 2.45) is 0 Å². The van der Waals surface area contributed by atoms with Crippen LogP contribution >= 0.6 is 15.9 Å². The number of anilines is 2. The number of benzene rings is 2. The lowest BCUT2D eigenvalue weighted by atomic mass is 10.2. The maximum Gasteiger partial charge on any atom is 0.157 e. The van der Waals surface area contributed by atoms with Crippen LogP contribution in [0.4, 0.5) is 11.5 Å². The van der Waals surface area contributed by atoms with Gasteiger partial charge in [-0.2, -0.15) is 0 Å². The topological polar surface area (TPSA) is 51.5 Å². The highest BCUT2D eigenvalue weighted by atomic mass is 79.9. The smallest absolute Gasteiger partial charge is 0.157 e. The van der Waals surface area contributed by atoms with Crippen molar-refractivity contribution in [1.82, 2.24) is 14.4 Å². The molecule has 114 valence electrons. The maximum absolute atomic E-state index is 5.30. The van der Waals surface area contributed by atoms with Gasteiger partial charge in [0, 0.05) is 10.5 Å². The fourth-order valence-electron chi connectivity index (χ4n) is 2.55. The molecule has 4 rings (SSSR count). The van der Waals surface area contributed by atoms with E-state index in [-0.39, 0.29) is 0 Å². The Bertz CT molecular complexity index is 1010. The van der Waals surface area contributed by atoms with Gasteiger partial charge in [-0.25, -0.2) is 9.97 Å². The Kier molecular flexibility index (Phi) is 3.38. The molecule has 1 N–H and O–H groups in total. The van der Waals surface area contributed by atoms with E-state index in [1.807, 2.05) is 46.9 Å². The van der Waals surface area contributed by atoms with Gasteiger partial charge >= 0.3 is 0 Å². The molecule has 0 fully saturated rings. The van der Waals surface area contributed by atoms with E-state index < -0.39 is 0 Å². The Morgan fingerprint density at radius 2 is 2.00 bits per heavy atom. The largest absolute Gasteiger partial charge is 0.497 e. The highest BCUT2D eigenvalue weighted by molar-refractivity contribution is 9.10. The van der Waals surface area contributed by atoms with E-state index in [0.29, 0.717) is 0 Å². The fourth-order valence-corrected chi connectivity index (χ4v) is 2.93. The summed E-state index contributed by atoms with van der Waals surface area (Å²) >= 11 is 3.55. The van der Waals surface area contributed by atoms with Gasteiger partial charge in [-0.1, -0.05) is 12.1 Å². The van der Waals surface area contributed by atoms with E-state index >= 15 is 0 Å². The molecule has 0 aliphatic heterocycles. The number of hydrogen-bond acceptors (Lipinski definition) is 4. The summed E-state index contributed by atoms with van der Waals surface area (Å²) in [6.45, 7) is 0. The van der Waals surface area contributed by atoms with Crippen LogP contribution in [-0.4, -0.2) is 21.5 Å². The highest BCUT2D eigenvalue weighted by Gasteiger charge is 2.11. The zero-order chi connectivity index (χ0) is 15.8. The second-order valence-corrected chi connectivity index (χ2v) is 5.92. The first kappa shape index (κ1) is 14.0. The molecule has 23 heavy (non-hydrogen) atoms. The summed E-state index contributed by atoms with van der Waals surface area (Å²) in [5.74, 6) is 1.52. The predicted molar refractivity (Wildman–Crippen MR) is 94.5 cm³/mol. The summed E-state index contributed by atoms with van der Waals surface area (Å²) in [7, 11) is 1.65. The molecule has 0 amide bonds. The monoisotopic (exact) mass is 368 g/mol. The summed E-state index contributed by atoms with van der Waals surface area (Å²) in [5.41, 5.74) is 3.68. The molecule has 0 saturated carbocycles. The van der Waals surface area contributed by atoms with Crippen LogP contribution in [0, 0.1) is 0 Å². The van der Waals surface area contributed by atoms with E-state index in [1.54, 1.807) is 19.6 Å². The molecule has 0 atom stereocenters. The summed E-state index contributed by atoms with van der Waals surface area (Å²) in [6.07, 6.45) is 3.59. The lowest BCUT2D eigenvalue weighted by Gasteiger charge is -2.12. The number of halogens is 1. The van der Waals surface area contributed by atoms with Crippen molar-refractivity contribution in [3.63, 3.8) is 0 Å². The Morgan fingerprint density at radius 1 is 1.13 bits per heavy atom. The van der Waals surface area contributed by atoms with Crippen molar-refractivity contribution in [1.29, 1.82) is 0 Å². The zero-order valence-corrected chi connectivity index (χ0v) is 13.9. The van der Waals surface area contributed by atoms with Gasteiger partial charge < -0.3 is 10.1 Å². The molecule has 2 aromatic heterocycles. The molecule has 0 aliphatic carbocycles. The highest BCUT2D eigenvalue weighted by Crippen LogP contribution is 2.29. The molecular weight excluding hydrogens is 356 g/mol. The maximum atomic E-state index is 5.30. The van der Waals surface area contributed by atoms with E-state index in [0.717, 1.165) is 38.3 Å². The first-order valence-corrected chi connectivity index (χ1v) is 7.87. The first-order chi connectivity index (χ1) is 11.3. The lowest BCUT2D eigenvalue weighted by Crippen LogP contribution is -2.00. The van der Waals surface area contributed by atoms with Crippen molar-refractivity contribution in [2.75, 3.05) is 12.4 Å². The molecule has 0 spiro atoms. The van der Waals surface area contributed by atoms with Crippen molar-refractivity contribution in [3.8, 4) is 5.75 Å². The van der Waals surface area contributed by atoms with Gasteiger partial charge in [0.25, 0.3) is 0 Å². The van der Waals surface area contributed by atoms with Crippen molar-refractivity contribution >= 4 is 44.0 Å². The first-order valence-electron chi connectivity index (χ1n) is 7.07. The molecule has 0 aliphatic rings. The predicted octanol–water partition coefficient (Wildman–Crippen LogP) is 4.40. The van der Waals surface area contributed by atoms with Crippen LogP contribution < -0.4 is 10.1 Å². The minimum absolute atomic E-state index is 0.746. The number of nitrogens with one attached hydrogen (secondary N) is 1. The van der Waals surface area contributed by atoms with Crippen molar-refractivity contribution in [3.05, 3.63) is 59.5 Å². The quantitative estimate of drug-likeness (QED) is 0.582. The third-order valence-corrected chi connectivity index (χ3v) is 4.37. The molecule has 6 heteroatoms. The SMILES string of the molecule is COc1ccc2c(c1)nc(Nc1ccccc1Br)c1cncn12. The second kappa shape index (κ2) is 5.55. The van der Waals surface area contributed by atoms with Gasteiger partial charge in [0.05, 0.1) is 36.4 Å². The molecule has 4 aromatic rings. The number of imidazole rings is 1. The minimum Gasteiger partial charge on any atom is -0.497 e. The summed E-state index contributed by atoms with van der Waals surface area (Å²) in [6, 6.07) is 13.8. The van der Waals surface area contributed by atoms with E-state index in [2.05, 4.69) is 26.2 Å². The number of fused-ring (bicyclic) bond motifs is 3. The number of ether oxygens (including phenoxy) is 1. The summed E-state index contributed by atoms with van der Waals surface area (Å²) in [5, 5.41) is 3.37. The molecular formula is C17H13BrN4O. The molecule has 0 radical (unpaired) electrons. The number of para-hydroxylation sites is 1. The third kappa shape index (κ3) is 2.41. The Balaban J connectivity index is 1.93. The van der Waals surface area contributed by atoms with Crippen LogP contribution in [0.1, 0.15) is 0 Å². The van der Waals surface area contributed by atoms with Gasteiger partial charge in [-0.3, -0.25) is 4.40 Å². The van der Waals surface area contributed by atoms with Crippen LogP contribution in [0.5, 0.6) is 5.75 Å². The van der Waals surface area contributed by atoms with Gasteiger partial charge in [0.2, 0.25) is 0 Å². The average Bonchev–Trinajstić information content (AvgIpc) is 3.06. The lowest BCUT2D eigenvalue weighted by molar-refractivity contribution is 0.415. The number of methoxy groups -OCH3 is 1. The minimum atomic E-state index is 0.746. The Morgan fingerprint density at radius 3 is 2.83 bits per heavy atom. The van der Waals surface area contributed by atoms with E-state index in [9.17, 15) is 0 Å². The van der Waals surface area contributed by atoms with Crippen LogP contribution in [0.25, 0.3) is 16.6 Å². The second-order valence-electron chi connectivity index (χ2n) is 5.07. The molecule has 2 heterocycles. The van der Waals surface area contributed by atoms with Crippen LogP contribution in [-0.2, 0) is 0 Å². The Hall–Kier alpha value is -2.60. The van der Waals surface area contributed by atoms with Crippen molar-refractivity contribution < 1.29 is 4.74 Å². The average molecular weight is 369 g/mol. The number of nitrogens with zero attached hydrogens (tertiary/aromatic N) is 3. The standard InChI is InChI=1S/C17H13BrN4O/c1-23-11-6-7-15-14(8-11)21-17(16-9-19-10-22(15)16)20-13-5-3-2-4-12(13)18/h2-10H,1H3,(H,20,21). The fraction of sp³-hybridized carbons (Fsp3) is 0.0588. The van der Waals surface area contributed by atoms with Gasteiger partial charge in [-0.15, -0.1) is 0 Å². The normalized spacial score (nSPS) is 11.0. The molecule has 0 bridgehead atoms. The number of aromatic nitrogens is 3. The van der Waals surface area contributed by atoms with Crippen LogP contribution in [0.3, 0.4) is 0 Å². The number of hydrogen-bond donors (Lipinski definition) is 1. The van der Waals surface area contributed by atoms with E-state index in [4.69, 9.17) is 9.72 Å². The summed E-state index contributed by atoms with van der Waals surface area (Å²) < 4.78 is 8.29. The number of rotatable bonds is 3. The van der Waals surface area contributed by atoms with Gasteiger partial charge in [-0.05, 0) is 40.2 Å². The van der Waals surface area contributed by atoms with E-state index in [1.165, 1.54) is 0 Å².